The summed E-state index contributed by atoms with van der Waals surface area (Å²) in [6, 6.07) is 4.09. The van der Waals surface area contributed by atoms with Crippen molar-refractivity contribution in [2.75, 3.05) is 13.1 Å². The van der Waals surface area contributed by atoms with Crippen LogP contribution < -0.4 is 0 Å². The van der Waals surface area contributed by atoms with E-state index in [0.717, 1.165) is 19.5 Å². The Morgan fingerprint density at radius 2 is 2.38 bits per heavy atom. The number of aromatic nitrogens is 1. The Morgan fingerprint density at radius 3 is 3.00 bits per heavy atom. The summed E-state index contributed by atoms with van der Waals surface area (Å²) in [5.41, 5.74) is 2.64. The molecule has 0 fully saturated rings. The van der Waals surface area contributed by atoms with Gasteiger partial charge in [0.1, 0.15) is 0 Å². The molecule has 0 amide bonds. The molecule has 0 N–H and O–H groups in total. The second kappa shape index (κ2) is 3.71. The quantitative estimate of drug-likeness (QED) is 0.603. The Kier molecular flexibility index (Phi) is 2.41. The van der Waals surface area contributed by atoms with Crippen LogP contribution in [0.25, 0.3) is 5.57 Å². The summed E-state index contributed by atoms with van der Waals surface area (Å²) < 4.78 is 0. The fraction of sp³-hybridized carbons (Fsp3) is 0.273. The predicted octanol–water partition coefficient (Wildman–Crippen LogP) is 1.96. The van der Waals surface area contributed by atoms with Crippen LogP contribution in [-0.2, 0) is 0 Å². The average Bonchev–Trinajstić information content (AvgIpc) is 2.20. The summed E-state index contributed by atoms with van der Waals surface area (Å²) in [5.74, 6) is 0. The molecule has 0 bridgehead atoms. The maximum atomic E-state index is 4.11. The molecule has 2 rings (SSSR count). The van der Waals surface area contributed by atoms with Gasteiger partial charge in [0.25, 0.3) is 0 Å². The third kappa shape index (κ3) is 1.95. The van der Waals surface area contributed by atoms with Gasteiger partial charge >= 0.3 is 0 Å². The van der Waals surface area contributed by atoms with Crippen molar-refractivity contribution in [2.45, 2.75) is 6.42 Å². The summed E-state index contributed by atoms with van der Waals surface area (Å²) in [6.45, 7) is 1.99. The monoisotopic (exact) mass is 173 g/mol. The van der Waals surface area contributed by atoms with E-state index in [1.807, 2.05) is 12.3 Å². The topological polar surface area (TPSA) is 16.1 Å². The minimum absolute atomic E-state index is 0.949. The van der Waals surface area contributed by atoms with E-state index in [4.69, 9.17) is 0 Å². The zero-order chi connectivity index (χ0) is 9.10. The molecule has 2 heterocycles. The van der Waals surface area contributed by atoms with Crippen LogP contribution in [0, 0.1) is 7.05 Å². The molecule has 1 aliphatic heterocycles. The van der Waals surface area contributed by atoms with Crippen LogP contribution in [0.5, 0.6) is 0 Å². The summed E-state index contributed by atoms with van der Waals surface area (Å²) >= 11 is 0. The first-order chi connectivity index (χ1) is 6.36. The lowest BCUT2D eigenvalue weighted by atomic mass is 10.0. The fourth-order valence-corrected chi connectivity index (χ4v) is 1.53. The van der Waals surface area contributed by atoms with Gasteiger partial charge < -0.3 is 4.90 Å². The van der Waals surface area contributed by atoms with Crippen LogP contribution in [0.1, 0.15) is 12.0 Å². The minimum atomic E-state index is 0.949. The zero-order valence-electron chi connectivity index (χ0n) is 7.61. The SMILES string of the molecule is [CH2-]N1CC=C(c2cccnc2)CC1. The Balaban J connectivity index is 2.19. The Labute approximate surface area is 78.9 Å². The molecule has 1 aromatic heterocycles. The lowest BCUT2D eigenvalue weighted by Gasteiger charge is -2.28. The molecule has 0 saturated carbocycles. The summed E-state index contributed by atoms with van der Waals surface area (Å²) in [7, 11) is 3.90. The summed E-state index contributed by atoms with van der Waals surface area (Å²) in [4.78, 5) is 6.18. The van der Waals surface area contributed by atoms with Gasteiger partial charge in [-0.3, -0.25) is 12.0 Å². The van der Waals surface area contributed by atoms with Crippen LogP contribution in [0.15, 0.2) is 30.6 Å². The van der Waals surface area contributed by atoms with Crippen molar-refractivity contribution < 1.29 is 0 Å². The smallest absolute Gasteiger partial charge is 0.0342 e. The third-order valence-corrected chi connectivity index (χ3v) is 2.33. The van der Waals surface area contributed by atoms with Crippen molar-refractivity contribution in [2.24, 2.45) is 0 Å². The average molecular weight is 173 g/mol. The molecule has 0 radical (unpaired) electrons. The molecule has 1 aliphatic rings. The standard InChI is InChI=1S/C11H13N2/c1-13-7-4-10(5-8-13)11-3-2-6-12-9-11/h2-4,6,9H,1,5,7-8H2/q-1. The molecule has 68 valence electrons. The van der Waals surface area contributed by atoms with Gasteiger partial charge in [-0.1, -0.05) is 12.1 Å². The first-order valence-electron chi connectivity index (χ1n) is 4.51. The number of rotatable bonds is 1. The molecule has 0 saturated heterocycles. The van der Waals surface area contributed by atoms with Crippen LogP contribution in [0.2, 0.25) is 0 Å². The zero-order valence-corrected chi connectivity index (χ0v) is 7.61. The van der Waals surface area contributed by atoms with Crippen LogP contribution in [0.4, 0.5) is 0 Å². The van der Waals surface area contributed by atoms with Gasteiger partial charge in [0.05, 0.1) is 0 Å². The number of nitrogens with zero attached hydrogens (tertiary/aromatic N) is 2. The third-order valence-electron chi connectivity index (χ3n) is 2.33. The van der Waals surface area contributed by atoms with Crippen LogP contribution in [0.3, 0.4) is 0 Å². The molecule has 0 unspecified atom stereocenters. The Morgan fingerprint density at radius 1 is 1.46 bits per heavy atom. The maximum Gasteiger partial charge on any atom is 0.0342 e. The highest BCUT2D eigenvalue weighted by Gasteiger charge is 2.05. The van der Waals surface area contributed by atoms with Crippen molar-refractivity contribution in [3.63, 3.8) is 0 Å². The van der Waals surface area contributed by atoms with Gasteiger partial charge in [-0.15, -0.1) is 0 Å². The van der Waals surface area contributed by atoms with E-state index < -0.39 is 0 Å². The van der Waals surface area contributed by atoms with Crippen LogP contribution >= 0.6 is 0 Å². The first-order valence-corrected chi connectivity index (χ1v) is 4.51. The fourth-order valence-electron chi connectivity index (χ4n) is 1.53. The summed E-state index contributed by atoms with van der Waals surface area (Å²) in [5, 5.41) is 0. The van der Waals surface area contributed by atoms with Crippen molar-refractivity contribution >= 4 is 5.57 Å². The molecular formula is C11H13N2-. The van der Waals surface area contributed by atoms with E-state index in [0.29, 0.717) is 0 Å². The summed E-state index contributed by atoms with van der Waals surface area (Å²) in [6.07, 6.45) is 7.04. The van der Waals surface area contributed by atoms with Gasteiger partial charge in [-0.05, 0) is 36.7 Å². The first kappa shape index (κ1) is 8.45. The lowest BCUT2D eigenvalue weighted by Crippen LogP contribution is -2.21. The molecule has 0 aromatic carbocycles. The van der Waals surface area contributed by atoms with Crippen LogP contribution in [-0.4, -0.2) is 23.0 Å². The van der Waals surface area contributed by atoms with Crippen molar-refractivity contribution in [1.29, 1.82) is 0 Å². The highest BCUT2D eigenvalue weighted by atomic mass is 15.1. The van der Waals surface area contributed by atoms with Gasteiger partial charge in [0.15, 0.2) is 0 Å². The maximum absolute atomic E-state index is 4.11. The normalized spacial score (nSPS) is 18.4. The highest BCUT2D eigenvalue weighted by molar-refractivity contribution is 5.65. The van der Waals surface area contributed by atoms with Crippen molar-refractivity contribution in [3.8, 4) is 0 Å². The lowest BCUT2D eigenvalue weighted by molar-refractivity contribution is 0.408. The second-order valence-corrected chi connectivity index (χ2v) is 3.30. The van der Waals surface area contributed by atoms with E-state index in [1.54, 1.807) is 6.20 Å². The van der Waals surface area contributed by atoms with E-state index in [-0.39, 0.29) is 0 Å². The number of hydrogen-bond acceptors (Lipinski definition) is 2. The molecule has 2 nitrogen and oxygen atoms in total. The molecule has 0 aliphatic carbocycles. The Bertz CT molecular complexity index is 303. The molecule has 0 spiro atoms. The van der Waals surface area contributed by atoms with Gasteiger partial charge in [-0.25, -0.2) is 0 Å². The molecule has 2 heteroatoms. The highest BCUT2D eigenvalue weighted by Crippen LogP contribution is 2.20. The van der Waals surface area contributed by atoms with E-state index >= 15 is 0 Å². The van der Waals surface area contributed by atoms with Gasteiger partial charge in [0.2, 0.25) is 0 Å². The van der Waals surface area contributed by atoms with Gasteiger partial charge in [0, 0.05) is 12.4 Å². The second-order valence-electron chi connectivity index (χ2n) is 3.30. The van der Waals surface area contributed by atoms with E-state index in [2.05, 4.69) is 29.1 Å². The number of pyridine rings is 1. The van der Waals surface area contributed by atoms with Crippen molar-refractivity contribution in [3.05, 3.63) is 43.2 Å². The molecule has 13 heavy (non-hydrogen) atoms. The van der Waals surface area contributed by atoms with Crippen molar-refractivity contribution in [1.82, 2.24) is 9.88 Å². The number of hydrogen-bond donors (Lipinski definition) is 0. The molecule has 0 atom stereocenters. The molecular weight excluding hydrogens is 160 g/mol. The van der Waals surface area contributed by atoms with E-state index in [1.165, 1.54) is 11.1 Å². The largest absolute Gasteiger partial charge is 0.456 e. The van der Waals surface area contributed by atoms with E-state index in [9.17, 15) is 0 Å². The predicted molar refractivity (Wildman–Crippen MR) is 53.8 cm³/mol. The molecule has 1 aromatic rings. The minimum Gasteiger partial charge on any atom is -0.456 e. The Hall–Kier alpha value is -1.15. The van der Waals surface area contributed by atoms with Gasteiger partial charge in [-0.2, -0.15) is 0 Å².